The molecular formula is C21H22N4O7. The second-order valence-corrected chi connectivity index (χ2v) is 7.32. The third kappa shape index (κ3) is 4.04. The summed E-state index contributed by atoms with van der Waals surface area (Å²) in [6.45, 7) is 2.81. The molecule has 1 aliphatic rings. The first-order valence-electron chi connectivity index (χ1n) is 9.52. The van der Waals surface area contributed by atoms with Crippen LogP contribution in [-0.4, -0.2) is 48.4 Å². The second kappa shape index (κ2) is 8.53. The van der Waals surface area contributed by atoms with E-state index in [1.54, 1.807) is 25.1 Å². The average molecular weight is 442 g/mol. The van der Waals surface area contributed by atoms with E-state index in [0.717, 1.165) is 16.5 Å². The van der Waals surface area contributed by atoms with Crippen LogP contribution in [0.4, 0.5) is 16.2 Å². The van der Waals surface area contributed by atoms with Gasteiger partial charge in [0.15, 0.2) is 5.75 Å². The SMILES string of the molecule is COc1ccc(C2(C)NC(=O)N(CC(=O)Nc3ccc(OC)c([N+](=O)[O-])c3)C2=O)cc1C. The average Bonchev–Trinajstić information content (AvgIpc) is 2.97. The maximum absolute atomic E-state index is 13.0. The summed E-state index contributed by atoms with van der Waals surface area (Å²) in [5, 5.41) is 16.2. The van der Waals surface area contributed by atoms with Crippen LogP contribution in [0.3, 0.4) is 0 Å². The number of anilines is 1. The number of nitro groups is 1. The molecule has 0 radical (unpaired) electrons. The summed E-state index contributed by atoms with van der Waals surface area (Å²) in [6.07, 6.45) is 0. The number of carbonyl (C=O) groups excluding carboxylic acids is 3. The summed E-state index contributed by atoms with van der Waals surface area (Å²) in [5.41, 5.74) is -0.230. The summed E-state index contributed by atoms with van der Waals surface area (Å²) in [5.74, 6) is -0.613. The number of ether oxygens (including phenoxy) is 2. The Labute approximate surface area is 183 Å². The van der Waals surface area contributed by atoms with Gasteiger partial charge in [-0.2, -0.15) is 0 Å². The Hall–Kier alpha value is -4.15. The van der Waals surface area contributed by atoms with E-state index in [0.29, 0.717) is 11.3 Å². The number of rotatable bonds is 7. The number of amides is 4. The third-order valence-corrected chi connectivity index (χ3v) is 5.21. The first-order chi connectivity index (χ1) is 15.1. The van der Waals surface area contributed by atoms with Gasteiger partial charge in [0.1, 0.15) is 17.8 Å². The molecule has 1 aliphatic heterocycles. The Morgan fingerprint density at radius 3 is 2.41 bits per heavy atom. The minimum atomic E-state index is -1.35. The van der Waals surface area contributed by atoms with Crippen molar-refractivity contribution in [3.8, 4) is 11.5 Å². The molecule has 2 aromatic rings. The molecule has 3 rings (SSSR count). The van der Waals surface area contributed by atoms with E-state index in [9.17, 15) is 24.5 Å². The predicted molar refractivity (Wildman–Crippen MR) is 114 cm³/mol. The molecule has 0 aliphatic carbocycles. The molecule has 0 saturated carbocycles. The van der Waals surface area contributed by atoms with Crippen LogP contribution in [0.1, 0.15) is 18.1 Å². The van der Waals surface area contributed by atoms with Gasteiger partial charge < -0.3 is 20.1 Å². The number of hydrogen-bond acceptors (Lipinski definition) is 7. The Kier molecular flexibility index (Phi) is 6.01. The summed E-state index contributed by atoms with van der Waals surface area (Å²) in [7, 11) is 2.82. The van der Waals surface area contributed by atoms with Gasteiger partial charge in [-0.05, 0) is 49.2 Å². The number of aryl methyl sites for hydroxylation is 1. The van der Waals surface area contributed by atoms with Gasteiger partial charge in [-0.3, -0.25) is 24.6 Å². The van der Waals surface area contributed by atoms with E-state index in [1.165, 1.54) is 26.4 Å². The lowest BCUT2D eigenvalue weighted by atomic mass is 9.90. The highest BCUT2D eigenvalue weighted by atomic mass is 16.6. The first-order valence-corrected chi connectivity index (χ1v) is 9.52. The molecule has 0 aromatic heterocycles. The van der Waals surface area contributed by atoms with E-state index in [1.807, 2.05) is 6.92 Å². The molecule has 1 heterocycles. The van der Waals surface area contributed by atoms with Crippen molar-refractivity contribution in [3.05, 3.63) is 57.6 Å². The molecule has 0 bridgehead atoms. The predicted octanol–water partition coefficient (Wildman–Crippen LogP) is 2.33. The van der Waals surface area contributed by atoms with Crippen molar-refractivity contribution in [2.75, 3.05) is 26.1 Å². The van der Waals surface area contributed by atoms with Crippen molar-refractivity contribution in [1.82, 2.24) is 10.2 Å². The van der Waals surface area contributed by atoms with Crippen molar-refractivity contribution >= 4 is 29.2 Å². The van der Waals surface area contributed by atoms with Gasteiger partial charge in [-0.15, -0.1) is 0 Å². The topological polar surface area (TPSA) is 140 Å². The van der Waals surface area contributed by atoms with Crippen LogP contribution in [0.2, 0.25) is 0 Å². The van der Waals surface area contributed by atoms with Gasteiger partial charge in [0.2, 0.25) is 5.91 Å². The van der Waals surface area contributed by atoms with E-state index in [-0.39, 0.29) is 17.1 Å². The van der Waals surface area contributed by atoms with Crippen molar-refractivity contribution in [2.24, 2.45) is 0 Å². The van der Waals surface area contributed by atoms with Crippen LogP contribution >= 0.6 is 0 Å². The van der Waals surface area contributed by atoms with E-state index >= 15 is 0 Å². The number of urea groups is 1. The quantitative estimate of drug-likeness (QED) is 0.381. The molecule has 168 valence electrons. The molecule has 1 saturated heterocycles. The zero-order chi connectivity index (χ0) is 23.6. The standard InChI is InChI=1S/C21H22N4O7/c1-12-9-13(5-7-16(12)31-3)21(2)19(27)24(20(28)23-21)11-18(26)22-14-6-8-17(32-4)15(10-14)25(29)30/h5-10H,11H2,1-4H3,(H,22,26)(H,23,28). The lowest BCUT2D eigenvalue weighted by Crippen LogP contribution is -2.42. The zero-order valence-corrected chi connectivity index (χ0v) is 17.9. The molecule has 11 heteroatoms. The number of nitrogens with zero attached hydrogens (tertiary/aromatic N) is 2. The lowest BCUT2D eigenvalue weighted by Gasteiger charge is -2.23. The molecular weight excluding hydrogens is 420 g/mol. The van der Waals surface area contributed by atoms with Gasteiger partial charge in [-0.1, -0.05) is 6.07 Å². The fourth-order valence-corrected chi connectivity index (χ4v) is 3.48. The zero-order valence-electron chi connectivity index (χ0n) is 17.9. The Bertz CT molecular complexity index is 1120. The maximum atomic E-state index is 13.0. The van der Waals surface area contributed by atoms with Crippen LogP contribution in [-0.2, 0) is 15.1 Å². The van der Waals surface area contributed by atoms with Gasteiger partial charge in [-0.25, -0.2) is 4.79 Å². The molecule has 1 unspecified atom stereocenters. The maximum Gasteiger partial charge on any atom is 0.325 e. The summed E-state index contributed by atoms with van der Waals surface area (Å²) < 4.78 is 10.1. The van der Waals surface area contributed by atoms with E-state index < -0.39 is 34.9 Å². The number of imide groups is 1. The van der Waals surface area contributed by atoms with E-state index in [2.05, 4.69) is 10.6 Å². The molecule has 32 heavy (non-hydrogen) atoms. The Morgan fingerprint density at radius 1 is 1.16 bits per heavy atom. The van der Waals surface area contributed by atoms with E-state index in [4.69, 9.17) is 9.47 Å². The minimum absolute atomic E-state index is 0.0349. The Morgan fingerprint density at radius 2 is 1.81 bits per heavy atom. The summed E-state index contributed by atoms with van der Waals surface area (Å²) in [6, 6.07) is 8.27. The lowest BCUT2D eigenvalue weighted by molar-refractivity contribution is -0.385. The number of benzene rings is 2. The summed E-state index contributed by atoms with van der Waals surface area (Å²) >= 11 is 0. The van der Waals surface area contributed by atoms with Gasteiger partial charge >= 0.3 is 11.7 Å². The Balaban J connectivity index is 1.77. The number of carbonyl (C=O) groups is 3. The third-order valence-electron chi connectivity index (χ3n) is 5.21. The van der Waals surface area contributed by atoms with Crippen LogP contribution < -0.4 is 20.1 Å². The molecule has 2 aromatic carbocycles. The second-order valence-electron chi connectivity index (χ2n) is 7.32. The van der Waals surface area contributed by atoms with Gasteiger partial charge in [0.05, 0.1) is 19.1 Å². The molecule has 2 N–H and O–H groups in total. The first kappa shape index (κ1) is 22.5. The van der Waals surface area contributed by atoms with Crippen LogP contribution in [0, 0.1) is 17.0 Å². The van der Waals surface area contributed by atoms with Crippen molar-refractivity contribution in [1.29, 1.82) is 0 Å². The minimum Gasteiger partial charge on any atom is -0.496 e. The highest BCUT2D eigenvalue weighted by Crippen LogP contribution is 2.32. The normalized spacial score (nSPS) is 17.7. The molecule has 1 fully saturated rings. The van der Waals surface area contributed by atoms with Crippen LogP contribution in [0.5, 0.6) is 11.5 Å². The van der Waals surface area contributed by atoms with Crippen molar-refractivity contribution in [3.63, 3.8) is 0 Å². The van der Waals surface area contributed by atoms with Gasteiger partial charge in [0, 0.05) is 11.8 Å². The highest BCUT2D eigenvalue weighted by Gasteiger charge is 2.49. The molecule has 11 nitrogen and oxygen atoms in total. The highest BCUT2D eigenvalue weighted by molar-refractivity contribution is 6.10. The fraction of sp³-hybridized carbons (Fsp3) is 0.286. The molecule has 0 spiro atoms. The smallest absolute Gasteiger partial charge is 0.325 e. The van der Waals surface area contributed by atoms with Crippen LogP contribution in [0.25, 0.3) is 0 Å². The summed E-state index contributed by atoms with van der Waals surface area (Å²) in [4.78, 5) is 49.3. The molecule has 1 atom stereocenters. The number of nitro benzene ring substituents is 1. The largest absolute Gasteiger partial charge is 0.496 e. The fourth-order valence-electron chi connectivity index (χ4n) is 3.48. The number of hydrogen-bond donors (Lipinski definition) is 2. The van der Waals surface area contributed by atoms with Crippen molar-refractivity contribution in [2.45, 2.75) is 19.4 Å². The molecule has 4 amide bonds. The number of methoxy groups -OCH3 is 2. The number of nitrogens with one attached hydrogen (secondary N) is 2. The van der Waals surface area contributed by atoms with Crippen LogP contribution in [0.15, 0.2) is 36.4 Å². The van der Waals surface area contributed by atoms with Crippen molar-refractivity contribution < 1.29 is 28.8 Å². The monoisotopic (exact) mass is 442 g/mol. The van der Waals surface area contributed by atoms with Gasteiger partial charge in [0.25, 0.3) is 5.91 Å².